The highest BCUT2D eigenvalue weighted by Crippen LogP contribution is 2.31. The van der Waals surface area contributed by atoms with Crippen molar-refractivity contribution in [1.29, 1.82) is 0 Å². The molecular weight excluding hydrogens is 286 g/mol. The molecule has 1 nitrogen and oxygen atoms in total. The maximum absolute atomic E-state index is 12.4. The fraction of sp³-hybridized carbons (Fsp3) is 0.333. The molecule has 0 fully saturated rings. The number of benzene rings is 1. The summed E-state index contributed by atoms with van der Waals surface area (Å²) in [6.45, 7) is 2.13. The Kier molecular flexibility index (Phi) is 6.74. The summed E-state index contributed by atoms with van der Waals surface area (Å²) in [4.78, 5) is 0. The lowest BCUT2D eigenvalue weighted by Gasteiger charge is -2.15. The number of hydrogen-bond acceptors (Lipinski definition) is 1. The molecule has 0 aliphatic carbocycles. The van der Waals surface area contributed by atoms with Crippen molar-refractivity contribution < 1.29 is 13.2 Å². The third-order valence-corrected chi connectivity index (χ3v) is 2.95. The Balaban J connectivity index is 0.00000289. The molecular formula is C12H14Cl2F3N. The van der Waals surface area contributed by atoms with Crippen LogP contribution < -0.4 is 5.73 Å². The molecule has 0 saturated carbocycles. The summed E-state index contributed by atoms with van der Waals surface area (Å²) in [5.41, 5.74) is 7.75. The van der Waals surface area contributed by atoms with Crippen LogP contribution in [0.15, 0.2) is 35.4 Å². The van der Waals surface area contributed by atoms with E-state index in [-0.39, 0.29) is 24.9 Å². The molecule has 0 heterocycles. The molecule has 6 heteroatoms. The number of rotatable bonds is 3. The van der Waals surface area contributed by atoms with Gasteiger partial charge in [0.2, 0.25) is 0 Å². The zero-order valence-electron chi connectivity index (χ0n) is 9.67. The number of nitrogens with two attached hydrogens (primary N) is 1. The first kappa shape index (κ1) is 17.3. The lowest BCUT2D eigenvalue weighted by atomic mass is 9.93. The predicted molar refractivity (Wildman–Crippen MR) is 70.1 cm³/mol. The highest BCUT2D eigenvalue weighted by atomic mass is 35.5. The molecule has 1 atom stereocenters. The van der Waals surface area contributed by atoms with E-state index in [1.807, 2.05) is 6.92 Å². The molecule has 102 valence electrons. The Labute approximate surface area is 115 Å². The van der Waals surface area contributed by atoms with E-state index in [1.165, 1.54) is 17.7 Å². The van der Waals surface area contributed by atoms with Gasteiger partial charge in [0.25, 0.3) is 0 Å². The topological polar surface area (TPSA) is 26.0 Å². The fourth-order valence-corrected chi connectivity index (χ4v) is 1.77. The first-order valence-corrected chi connectivity index (χ1v) is 5.50. The van der Waals surface area contributed by atoms with Gasteiger partial charge in [-0.1, -0.05) is 30.7 Å². The molecule has 0 aliphatic rings. The zero-order chi connectivity index (χ0) is 13.1. The summed E-state index contributed by atoms with van der Waals surface area (Å²) in [5, 5.41) is 0. The van der Waals surface area contributed by atoms with Gasteiger partial charge in [0.1, 0.15) is 0 Å². The smallest absolute Gasteiger partial charge is 0.327 e. The van der Waals surface area contributed by atoms with Crippen LogP contribution in [0, 0.1) is 0 Å². The Hall–Kier alpha value is -0.710. The second-order valence-corrected chi connectivity index (χ2v) is 3.95. The van der Waals surface area contributed by atoms with Crippen LogP contribution in [0.4, 0.5) is 13.2 Å². The van der Waals surface area contributed by atoms with E-state index in [2.05, 4.69) is 0 Å². The van der Waals surface area contributed by atoms with Crippen LogP contribution in [0.5, 0.6) is 0 Å². The molecule has 1 aromatic carbocycles. The van der Waals surface area contributed by atoms with E-state index < -0.39 is 11.7 Å². The molecule has 0 radical (unpaired) electrons. The van der Waals surface area contributed by atoms with Crippen LogP contribution in [0.1, 0.15) is 24.0 Å². The molecule has 2 N–H and O–H groups in total. The minimum Gasteiger partial charge on any atom is -0.327 e. The Morgan fingerprint density at radius 3 is 2.17 bits per heavy atom. The predicted octanol–water partition coefficient (Wildman–Crippen LogP) is 4.31. The van der Waals surface area contributed by atoms with Crippen molar-refractivity contribution in [1.82, 2.24) is 0 Å². The van der Waals surface area contributed by atoms with Crippen LogP contribution in [-0.2, 0) is 6.18 Å². The lowest BCUT2D eigenvalue weighted by molar-refractivity contribution is -0.137. The molecule has 0 aliphatic heterocycles. The normalized spacial score (nSPS) is 14.0. The largest absolute Gasteiger partial charge is 0.416 e. The zero-order valence-corrected chi connectivity index (χ0v) is 11.2. The monoisotopic (exact) mass is 299 g/mol. The highest BCUT2D eigenvalue weighted by Gasteiger charge is 2.30. The Morgan fingerprint density at radius 1 is 1.33 bits per heavy atom. The van der Waals surface area contributed by atoms with Gasteiger partial charge in [-0.3, -0.25) is 0 Å². The van der Waals surface area contributed by atoms with E-state index in [4.69, 9.17) is 17.3 Å². The second-order valence-electron chi connectivity index (χ2n) is 3.73. The molecule has 0 aromatic heterocycles. The molecule has 0 bridgehead atoms. The minimum atomic E-state index is -4.30. The Bertz CT molecular complexity index is 399. The molecule has 0 amide bonds. The van der Waals surface area contributed by atoms with Gasteiger partial charge in [-0.15, -0.1) is 12.4 Å². The van der Waals surface area contributed by atoms with Crippen molar-refractivity contribution in [3.05, 3.63) is 46.5 Å². The molecule has 1 aromatic rings. The van der Waals surface area contributed by atoms with Crippen LogP contribution in [0.25, 0.3) is 0 Å². The van der Waals surface area contributed by atoms with E-state index in [9.17, 15) is 13.2 Å². The lowest BCUT2D eigenvalue weighted by Crippen LogP contribution is -2.10. The number of hydrogen-bond donors (Lipinski definition) is 1. The van der Waals surface area contributed by atoms with Gasteiger partial charge < -0.3 is 5.73 Å². The molecule has 1 rings (SSSR count). The summed E-state index contributed by atoms with van der Waals surface area (Å²) in [6.07, 6.45) is -4.30. The number of alkyl halides is 3. The SMILES string of the molecule is CC(/C(=C\Cl)CN)c1ccc(C(F)(F)F)cc1.Cl. The van der Waals surface area contributed by atoms with Gasteiger partial charge in [-0.05, 0) is 23.3 Å². The van der Waals surface area contributed by atoms with Gasteiger partial charge in [0, 0.05) is 18.0 Å². The maximum Gasteiger partial charge on any atom is 0.416 e. The summed E-state index contributed by atoms with van der Waals surface area (Å²) in [7, 11) is 0. The Morgan fingerprint density at radius 2 is 1.83 bits per heavy atom. The third kappa shape index (κ3) is 4.19. The van der Waals surface area contributed by atoms with Gasteiger partial charge in [-0.2, -0.15) is 13.2 Å². The highest BCUT2D eigenvalue weighted by molar-refractivity contribution is 6.25. The summed E-state index contributed by atoms with van der Waals surface area (Å²) in [5.74, 6) is -0.0835. The van der Waals surface area contributed by atoms with E-state index in [0.717, 1.165) is 23.3 Å². The van der Waals surface area contributed by atoms with Crippen molar-refractivity contribution in [2.45, 2.75) is 19.0 Å². The maximum atomic E-state index is 12.4. The average Bonchev–Trinajstić information content (AvgIpc) is 2.29. The first-order valence-electron chi connectivity index (χ1n) is 5.06. The van der Waals surface area contributed by atoms with Crippen LogP contribution in [0.3, 0.4) is 0 Å². The molecule has 18 heavy (non-hydrogen) atoms. The van der Waals surface area contributed by atoms with Crippen LogP contribution in [-0.4, -0.2) is 6.54 Å². The minimum absolute atomic E-state index is 0. The van der Waals surface area contributed by atoms with Crippen LogP contribution >= 0.6 is 24.0 Å². The average molecular weight is 300 g/mol. The van der Waals surface area contributed by atoms with Crippen molar-refractivity contribution in [2.24, 2.45) is 5.73 Å². The number of halogens is 5. The van der Waals surface area contributed by atoms with Crippen molar-refractivity contribution in [3.8, 4) is 0 Å². The van der Waals surface area contributed by atoms with Gasteiger partial charge in [-0.25, -0.2) is 0 Å². The molecule has 0 saturated heterocycles. The van der Waals surface area contributed by atoms with E-state index in [0.29, 0.717) is 0 Å². The molecule has 1 unspecified atom stereocenters. The fourth-order valence-electron chi connectivity index (χ4n) is 1.49. The van der Waals surface area contributed by atoms with Crippen molar-refractivity contribution >= 4 is 24.0 Å². The van der Waals surface area contributed by atoms with E-state index in [1.54, 1.807) is 0 Å². The van der Waals surface area contributed by atoms with Gasteiger partial charge in [0.05, 0.1) is 5.56 Å². The first-order chi connectivity index (χ1) is 7.90. The third-order valence-electron chi connectivity index (χ3n) is 2.67. The standard InChI is InChI=1S/C12H13ClF3N.ClH/c1-8(10(6-13)7-17)9-2-4-11(5-3-9)12(14,15)16;/h2-6,8H,7,17H2,1H3;1H/b10-6-;. The quantitative estimate of drug-likeness (QED) is 0.884. The summed E-state index contributed by atoms with van der Waals surface area (Å²) >= 11 is 5.59. The van der Waals surface area contributed by atoms with Crippen LogP contribution in [0.2, 0.25) is 0 Å². The van der Waals surface area contributed by atoms with E-state index >= 15 is 0 Å². The summed E-state index contributed by atoms with van der Waals surface area (Å²) in [6, 6.07) is 5.02. The van der Waals surface area contributed by atoms with Gasteiger partial charge >= 0.3 is 6.18 Å². The van der Waals surface area contributed by atoms with Gasteiger partial charge in [0.15, 0.2) is 0 Å². The molecule has 0 spiro atoms. The van der Waals surface area contributed by atoms with Crippen molar-refractivity contribution in [3.63, 3.8) is 0 Å². The van der Waals surface area contributed by atoms with Crippen molar-refractivity contribution in [2.75, 3.05) is 6.54 Å². The second kappa shape index (κ2) is 7.02. The summed E-state index contributed by atoms with van der Waals surface area (Å²) < 4.78 is 37.1.